The van der Waals surface area contributed by atoms with Crippen LogP contribution in [0.3, 0.4) is 0 Å². The van der Waals surface area contributed by atoms with Crippen molar-refractivity contribution in [3.05, 3.63) is 18.2 Å². The van der Waals surface area contributed by atoms with Crippen molar-refractivity contribution in [2.24, 2.45) is 0 Å². The van der Waals surface area contributed by atoms with Crippen LogP contribution in [-0.2, 0) is 11.3 Å². The topological polar surface area (TPSA) is 52.2 Å². The Morgan fingerprint density at radius 2 is 2.33 bits per heavy atom. The van der Waals surface area contributed by atoms with Crippen molar-refractivity contribution < 1.29 is 4.79 Å². The minimum Gasteiger partial charge on any atom is -0.348 e. The number of likely N-dealkylation sites (N-methyl/N-ethyl adjacent to an activating group) is 1. The Bertz CT molecular complexity index is 376. The lowest BCUT2D eigenvalue weighted by Gasteiger charge is -2.38. The highest BCUT2D eigenvalue weighted by Crippen LogP contribution is 2.17. The van der Waals surface area contributed by atoms with E-state index in [1.54, 1.807) is 6.20 Å². The summed E-state index contributed by atoms with van der Waals surface area (Å²) in [6.07, 6.45) is 6.75. The largest absolute Gasteiger partial charge is 0.348 e. The molecule has 1 fully saturated rings. The van der Waals surface area contributed by atoms with Gasteiger partial charge in [0.15, 0.2) is 0 Å². The molecule has 0 aromatic carbocycles. The number of nitrogens with one attached hydrogen (secondary N) is 1. The number of amides is 1. The summed E-state index contributed by atoms with van der Waals surface area (Å²) in [5, 5.41) is 0. The number of carbonyl (C=O) groups excluding carboxylic acids is 1. The second-order valence-electron chi connectivity index (χ2n) is 4.92. The first-order valence-corrected chi connectivity index (χ1v) is 6.69. The molecular weight excluding hydrogens is 228 g/mol. The molecule has 0 saturated carbocycles. The van der Waals surface area contributed by atoms with Crippen LogP contribution in [0.2, 0.25) is 0 Å². The molecule has 0 spiro atoms. The summed E-state index contributed by atoms with van der Waals surface area (Å²) in [5.41, 5.74) is 0. The summed E-state index contributed by atoms with van der Waals surface area (Å²) in [6, 6.07) is 0.0220. The van der Waals surface area contributed by atoms with Crippen LogP contribution in [0.25, 0.3) is 0 Å². The van der Waals surface area contributed by atoms with E-state index >= 15 is 0 Å². The van der Waals surface area contributed by atoms with E-state index in [0.29, 0.717) is 0 Å². The SMILES string of the molecule is CCCCC1C(=O)N(C)CCN1Cc1ncc[nH]1. The van der Waals surface area contributed by atoms with Crippen LogP contribution < -0.4 is 0 Å². The minimum absolute atomic E-state index is 0.0220. The van der Waals surface area contributed by atoms with Crippen LogP contribution in [-0.4, -0.2) is 51.9 Å². The highest BCUT2D eigenvalue weighted by atomic mass is 16.2. The maximum Gasteiger partial charge on any atom is 0.239 e. The van der Waals surface area contributed by atoms with Gasteiger partial charge in [-0.15, -0.1) is 0 Å². The molecule has 5 nitrogen and oxygen atoms in total. The van der Waals surface area contributed by atoms with Gasteiger partial charge in [0.25, 0.3) is 0 Å². The van der Waals surface area contributed by atoms with Crippen LogP contribution in [0.1, 0.15) is 32.0 Å². The summed E-state index contributed by atoms with van der Waals surface area (Å²) < 4.78 is 0. The molecule has 0 bridgehead atoms. The third-order valence-corrected chi connectivity index (χ3v) is 3.56. The highest BCUT2D eigenvalue weighted by Gasteiger charge is 2.32. The number of H-pyrrole nitrogens is 1. The molecule has 18 heavy (non-hydrogen) atoms. The molecule has 5 heteroatoms. The highest BCUT2D eigenvalue weighted by molar-refractivity contribution is 5.82. The number of nitrogens with zero attached hydrogens (tertiary/aromatic N) is 3. The summed E-state index contributed by atoms with van der Waals surface area (Å²) in [7, 11) is 1.89. The standard InChI is InChI=1S/C13H22N4O/c1-3-4-5-11-13(18)16(2)8-9-17(11)10-12-14-6-7-15-12/h6-7,11H,3-5,8-10H2,1-2H3,(H,14,15). The Morgan fingerprint density at radius 1 is 1.50 bits per heavy atom. The molecule has 1 saturated heterocycles. The molecule has 1 atom stereocenters. The monoisotopic (exact) mass is 250 g/mol. The Kier molecular flexibility index (Phi) is 4.36. The van der Waals surface area contributed by atoms with Crippen LogP contribution in [0.15, 0.2) is 12.4 Å². The van der Waals surface area contributed by atoms with Gasteiger partial charge in [-0.05, 0) is 6.42 Å². The quantitative estimate of drug-likeness (QED) is 0.855. The number of aromatic amines is 1. The Labute approximate surface area is 108 Å². The van der Waals surface area contributed by atoms with Crippen LogP contribution in [0.4, 0.5) is 0 Å². The van der Waals surface area contributed by atoms with Crippen molar-refractivity contribution in [2.75, 3.05) is 20.1 Å². The van der Waals surface area contributed by atoms with Gasteiger partial charge in [0.2, 0.25) is 5.91 Å². The molecule has 1 unspecified atom stereocenters. The third kappa shape index (κ3) is 2.90. The fraction of sp³-hybridized carbons (Fsp3) is 0.692. The van der Waals surface area contributed by atoms with Gasteiger partial charge in [-0.3, -0.25) is 9.69 Å². The fourth-order valence-corrected chi connectivity index (χ4v) is 2.42. The molecule has 1 aliphatic rings. The minimum atomic E-state index is 0.0220. The summed E-state index contributed by atoms with van der Waals surface area (Å²) in [4.78, 5) is 23.7. The van der Waals surface area contributed by atoms with E-state index in [-0.39, 0.29) is 11.9 Å². The fourth-order valence-electron chi connectivity index (χ4n) is 2.42. The number of carbonyl (C=O) groups is 1. The van der Waals surface area contributed by atoms with Crippen molar-refractivity contribution >= 4 is 5.91 Å². The van der Waals surface area contributed by atoms with Crippen molar-refractivity contribution in [3.63, 3.8) is 0 Å². The Balaban J connectivity index is 2.03. The second kappa shape index (κ2) is 6.00. The van der Waals surface area contributed by atoms with Gasteiger partial charge in [-0.1, -0.05) is 19.8 Å². The zero-order chi connectivity index (χ0) is 13.0. The molecule has 1 aromatic heterocycles. The lowest BCUT2D eigenvalue weighted by atomic mass is 10.0. The van der Waals surface area contributed by atoms with Crippen LogP contribution in [0, 0.1) is 0 Å². The zero-order valence-electron chi connectivity index (χ0n) is 11.2. The zero-order valence-corrected chi connectivity index (χ0v) is 11.2. The van der Waals surface area contributed by atoms with Gasteiger partial charge in [-0.2, -0.15) is 0 Å². The van der Waals surface area contributed by atoms with Crippen molar-refractivity contribution in [3.8, 4) is 0 Å². The summed E-state index contributed by atoms with van der Waals surface area (Å²) in [6.45, 7) is 4.63. The molecule has 1 amide bonds. The first kappa shape index (κ1) is 13.1. The van der Waals surface area contributed by atoms with E-state index in [1.165, 1.54) is 0 Å². The first-order valence-electron chi connectivity index (χ1n) is 6.69. The van der Waals surface area contributed by atoms with Crippen molar-refractivity contribution in [2.45, 2.75) is 38.8 Å². The number of imidazole rings is 1. The van der Waals surface area contributed by atoms with E-state index < -0.39 is 0 Å². The summed E-state index contributed by atoms with van der Waals surface area (Å²) in [5.74, 6) is 1.19. The van der Waals surface area contributed by atoms with Gasteiger partial charge >= 0.3 is 0 Å². The maximum atomic E-state index is 12.2. The molecule has 1 N–H and O–H groups in total. The van der Waals surface area contributed by atoms with Gasteiger partial charge in [0.1, 0.15) is 5.82 Å². The second-order valence-corrected chi connectivity index (χ2v) is 4.92. The van der Waals surface area contributed by atoms with E-state index in [0.717, 1.165) is 44.7 Å². The Morgan fingerprint density at radius 3 is 3.00 bits per heavy atom. The number of piperazine rings is 1. The van der Waals surface area contributed by atoms with Crippen LogP contribution >= 0.6 is 0 Å². The molecular formula is C13H22N4O. The first-order chi connectivity index (χ1) is 8.72. The molecule has 1 aliphatic heterocycles. The number of rotatable bonds is 5. The summed E-state index contributed by atoms with van der Waals surface area (Å²) >= 11 is 0. The lowest BCUT2D eigenvalue weighted by molar-refractivity contribution is -0.140. The molecule has 100 valence electrons. The van der Waals surface area contributed by atoms with Gasteiger partial charge in [0.05, 0.1) is 12.6 Å². The van der Waals surface area contributed by atoms with Gasteiger partial charge in [-0.25, -0.2) is 4.98 Å². The normalized spacial score (nSPS) is 21.6. The third-order valence-electron chi connectivity index (χ3n) is 3.56. The van der Waals surface area contributed by atoms with E-state index in [9.17, 15) is 4.79 Å². The van der Waals surface area contributed by atoms with E-state index in [1.807, 2.05) is 18.1 Å². The van der Waals surface area contributed by atoms with Gasteiger partial charge < -0.3 is 9.88 Å². The number of aromatic nitrogens is 2. The predicted molar refractivity (Wildman–Crippen MR) is 69.9 cm³/mol. The number of unbranched alkanes of at least 4 members (excludes halogenated alkanes) is 1. The maximum absolute atomic E-state index is 12.2. The molecule has 1 aromatic rings. The predicted octanol–water partition coefficient (Wildman–Crippen LogP) is 1.24. The van der Waals surface area contributed by atoms with E-state index in [2.05, 4.69) is 21.8 Å². The van der Waals surface area contributed by atoms with Gasteiger partial charge in [0, 0.05) is 32.5 Å². The average Bonchev–Trinajstić information content (AvgIpc) is 2.86. The average molecular weight is 250 g/mol. The molecule has 0 radical (unpaired) electrons. The molecule has 0 aliphatic carbocycles. The number of hydrogen-bond donors (Lipinski definition) is 1. The van der Waals surface area contributed by atoms with Crippen molar-refractivity contribution in [1.29, 1.82) is 0 Å². The van der Waals surface area contributed by atoms with E-state index in [4.69, 9.17) is 0 Å². The number of hydrogen-bond acceptors (Lipinski definition) is 3. The molecule has 2 heterocycles. The molecule has 2 rings (SSSR count). The van der Waals surface area contributed by atoms with Crippen molar-refractivity contribution in [1.82, 2.24) is 19.8 Å². The Hall–Kier alpha value is -1.36. The van der Waals surface area contributed by atoms with Crippen LogP contribution in [0.5, 0.6) is 0 Å². The smallest absolute Gasteiger partial charge is 0.239 e. The lowest BCUT2D eigenvalue weighted by Crippen LogP contribution is -2.55.